The molecule has 0 fully saturated rings. The van der Waals surface area contributed by atoms with Crippen molar-refractivity contribution < 1.29 is 4.74 Å². The van der Waals surface area contributed by atoms with Crippen molar-refractivity contribution in [1.82, 2.24) is 9.55 Å². The number of hydrogen-bond donors (Lipinski definition) is 1. The monoisotopic (exact) mass is 488 g/mol. The fourth-order valence-corrected chi connectivity index (χ4v) is 4.92. The van der Waals surface area contributed by atoms with Crippen molar-refractivity contribution >= 4 is 39.5 Å². The largest absolute Gasteiger partial charge is 0.496 e. The summed E-state index contributed by atoms with van der Waals surface area (Å²) in [5.41, 5.74) is 1.20. The zero-order chi connectivity index (χ0) is 21.8. The summed E-state index contributed by atoms with van der Waals surface area (Å²) < 4.78 is 8.67. The molecule has 0 bridgehead atoms. The molecular formula is C23H33BrN6O. The van der Waals surface area contributed by atoms with Crippen molar-refractivity contribution in [1.29, 1.82) is 0 Å². The highest BCUT2D eigenvalue weighted by atomic mass is 79.9. The highest BCUT2D eigenvalue weighted by molar-refractivity contribution is 9.10. The van der Waals surface area contributed by atoms with E-state index >= 15 is 0 Å². The number of aliphatic imine (C=N–C) groups is 1. The number of nitrogens with one attached hydrogen (secondary N) is 1. The van der Waals surface area contributed by atoms with Gasteiger partial charge in [-0.05, 0) is 47.0 Å². The summed E-state index contributed by atoms with van der Waals surface area (Å²) in [4.78, 5) is 14.3. The Balaban J connectivity index is 1.60. The SMILES string of the molecule is CCCCCCCNc1nc2c(n1Cc1ccc(OC)c(Br)c1)N(CC)C1=NCCN12. The summed E-state index contributed by atoms with van der Waals surface area (Å²) in [5, 5.41) is 3.62. The van der Waals surface area contributed by atoms with E-state index in [4.69, 9.17) is 14.7 Å². The first-order valence-corrected chi connectivity index (χ1v) is 12.2. The van der Waals surface area contributed by atoms with Gasteiger partial charge in [0.2, 0.25) is 11.9 Å². The van der Waals surface area contributed by atoms with E-state index in [9.17, 15) is 0 Å². The van der Waals surface area contributed by atoms with E-state index in [1.807, 2.05) is 6.07 Å². The van der Waals surface area contributed by atoms with Gasteiger partial charge < -0.3 is 10.1 Å². The van der Waals surface area contributed by atoms with Crippen LogP contribution in [0.3, 0.4) is 0 Å². The molecule has 0 amide bonds. The lowest BCUT2D eigenvalue weighted by molar-refractivity contribution is 0.412. The molecule has 0 saturated carbocycles. The van der Waals surface area contributed by atoms with Crippen molar-refractivity contribution in [3.05, 3.63) is 28.2 Å². The second-order valence-electron chi connectivity index (χ2n) is 8.06. The van der Waals surface area contributed by atoms with Crippen molar-refractivity contribution in [2.24, 2.45) is 4.99 Å². The molecule has 0 saturated heterocycles. The number of aromatic nitrogens is 2. The Morgan fingerprint density at radius 1 is 1.16 bits per heavy atom. The second kappa shape index (κ2) is 9.94. The first-order valence-electron chi connectivity index (χ1n) is 11.4. The minimum Gasteiger partial charge on any atom is -0.496 e. The van der Waals surface area contributed by atoms with E-state index in [1.165, 1.54) is 37.7 Å². The van der Waals surface area contributed by atoms with Gasteiger partial charge in [-0.2, -0.15) is 4.98 Å². The van der Waals surface area contributed by atoms with E-state index in [2.05, 4.69) is 61.6 Å². The number of rotatable bonds is 11. The molecule has 0 aliphatic carbocycles. The minimum atomic E-state index is 0.737. The van der Waals surface area contributed by atoms with Gasteiger partial charge in [0.25, 0.3) is 0 Å². The van der Waals surface area contributed by atoms with Crippen molar-refractivity contribution in [2.45, 2.75) is 52.5 Å². The van der Waals surface area contributed by atoms with E-state index in [0.29, 0.717) is 0 Å². The molecule has 3 heterocycles. The number of methoxy groups -OCH3 is 1. The highest BCUT2D eigenvalue weighted by Gasteiger charge is 2.40. The number of hydrogen-bond acceptors (Lipinski definition) is 6. The number of imidazole rings is 1. The molecule has 2 aliphatic heterocycles. The third-order valence-corrected chi connectivity index (χ3v) is 6.55. The zero-order valence-electron chi connectivity index (χ0n) is 18.8. The third kappa shape index (κ3) is 4.40. The molecule has 4 rings (SSSR count). The standard InChI is InChI=1S/C23H33BrN6O/c1-4-6-7-8-9-12-25-22-27-20-21(28(5-2)23-26-13-14-29(20)23)30(22)16-17-10-11-19(31-3)18(24)15-17/h10-11,15H,4-9,12-14,16H2,1-3H3,(H,25,27). The average molecular weight is 489 g/mol. The van der Waals surface area contributed by atoms with Gasteiger partial charge in [0.15, 0.2) is 11.6 Å². The zero-order valence-corrected chi connectivity index (χ0v) is 20.4. The molecule has 1 N–H and O–H groups in total. The average Bonchev–Trinajstić information content (AvgIpc) is 3.44. The van der Waals surface area contributed by atoms with Gasteiger partial charge in [-0.15, -0.1) is 0 Å². The molecule has 0 unspecified atom stereocenters. The Morgan fingerprint density at radius 2 is 2.00 bits per heavy atom. The van der Waals surface area contributed by atoms with Crippen LogP contribution in [0.5, 0.6) is 5.75 Å². The first-order chi connectivity index (χ1) is 15.2. The van der Waals surface area contributed by atoms with Crippen LogP contribution >= 0.6 is 15.9 Å². The van der Waals surface area contributed by atoms with Crippen LogP contribution in [0.4, 0.5) is 17.6 Å². The molecule has 0 spiro atoms. The summed E-state index contributed by atoms with van der Waals surface area (Å²) in [7, 11) is 1.69. The Morgan fingerprint density at radius 3 is 2.74 bits per heavy atom. The molecule has 1 aromatic carbocycles. The molecule has 31 heavy (non-hydrogen) atoms. The van der Waals surface area contributed by atoms with E-state index in [0.717, 1.165) is 66.5 Å². The van der Waals surface area contributed by atoms with Gasteiger partial charge in [-0.3, -0.25) is 19.4 Å². The molecule has 7 nitrogen and oxygen atoms in total. The number of guanidine groups is 1. The third-order valence-electron chi connectivity index (χ3n) is 5.93. The number of benzene rings is 1. The van der Waals surface area contributed by atoms with Crippen LogP contribution in [0.15, 0.2) is 27.7 Å². The maximum atomic E-state index is 5.40. The topological polar surface area (TPSA) is 57.9 Å². The second-order valence-corrected chi connectivity index (χ2v) is 8.91. The Labute approximate surface area is 193 Å². The molecular weight excluding hydrogens is 456 g/mol. The van der Waals surface area contributed by atoms with E-state index in [1.54, 1.807) is 7.11 Å². The lowest BCUT2D eigenvalue weighted by atomic mass is 10.1. The Bertz CT molecular complexity index is 940. The number of ether oxygens (including phenoxy) is 1. The van der Waals surface area contributed by atoms with Crippen molar-refractivity contribution in [3.63, 3.8) is 0 Å². The van der Waals surface area contributed by atoms with Gasteiger partial charge in [0.1, 0.15) is 5.75 Å². The molecule has 0 radical (unpaired) electrons. The van der Waals surface area contributed by atoms with Gasteiger partial charge in [-0.1, -0.05) is 38.7 Å². The van der Waals surface area contributed by atoms with Crippen LogP contribution in [0.25, 0.3) is 0 Å². The smallest absolute Gasteiger partial charge is 0.208 e. The fraction of sp³-hybridized carbons (Fsp3) is 0.565. The summed E-state index contributed by atoms with van der Waals surface area (Å²) in [5.74, 6) is 4.99. The maximum absolute atomic E-state index is 5.40. The van der Waals surface area contributed by atoms with Crippen LogP contribution < -0.4 is 19.9 Å². The Kier molecular flexibility index (Phi) is 7.05. The van der Waals surface area contributed by atoms with Crippen LogP contribution in [-0.4, -0.2) is 48.8 Å². The van der Waals surface area contributed by atoms with Crippen LogP contribution in [0, 0.1) is 0 Å². The van der Waals surface area contributed by atoms with Crippen molar-refractivity contribution in [2.75, 3.05) is 48.4 Å². The maximum Gasteiger partial charge on any atom is 0.208 e. The lowest BCUT2D eigenvalue weighted by Gasteiger charge is -2.21. The predicted molar refractivity (Wildman–Crippen MR) is 132 cm³/mol. The summed E-state index contributed by atoms with van der Waals surface area (Å²) in [6.45, 7) is 8.72. The molecule has 8 heteroatoms. The minimum absolute atomic E-state index is 0.737. The number of unbranched alkanes of at least 4 members (excludes halogenated alkanes) is 4. The number of nitrogens with zero attached hydrogens (tertiary/aromatic N) is 5. The summed E-state index contributed by atoms with van der Waals surface area (Å²) in [6.07, 6.45) is 6.32. The highest BCUT2D eigenvalue weighted by Crippen LogP contribution is 2.41. The van der Waals surface area contributed by atoms with Crippen LogP contribution in [0.1, 0.15) is 51.5 Å². The fourth-order valence-electron chi connectivity index (χ4n) is 4.34. The van der Waals surface area contributed by atoms with Crippen LogP contribution in [0.2, 0.25) is 0 Å². The van der Waals surface area contributed by atoms with Crippen molar-refractivity contribution in [3.8, 4) is 5.75 Å². The number of fused-ring (bicyclic) bond motifs is 3. The number of halogens is 1. The number of anilines is 3. The van der Waals surface area contributed by atoms with Gasteiger partial charge in [0.05, 0.1) is 24.7 Å². The van der Waals surface area contributed by atoms with Gasteiger partial charge in [-0.25, -0.2) is 0 Å². The first kappa shape index (κ1) is 22.0. The van der Waals surface area contributed by atoms with Crippen LogP contribution in [-0.2, 0) is 6.54 Å². The van der Waals surface area contributed by atoms with Gasteiger partial charge >= 0.3 is 0 Å². The summed E-state index contributed by atoms with van der Waals surface area (Å²) >= 11 is 3.63. The molecule has 168 valence electrons. The lowest BCUT2D eigenvalue weighted by Crippen LogP contribution is -2.36. The quantitative estimate of drug-likeness (QED) is 0.445. The summed E-state index contributed by atoms with van der Waals surface area (Å²) in [6, 6.07) is 6.26. The van der Waals surface area contributed by atoms with E-state index in [-0.39, 0.29) is 0 Å². The molecule has 1 aromatic heterocycles. The molecule has 0 atom stereocenters. The van der Waals surface area contributed by atoms with Gasteiger partial charge in [0, 0.05) is 19.6 Å². The Hall–Kier alpha value is -2.22. The molecule has 2 aliphatic rings. The van der Waals surface area contributed by atoms with E-state index < -0.39 is 0 Å². The normalized spacial score (nSPS) is 14.6. The predicted octanol–water partition coefficient (Wildman–Crippen LogP) is 5.10. The molecule has 2 aromatic rings.